The molecule has 0 saturated carbocycles. The van der Waals surface area contributed by atoms with Crippen LogP contribution in [0.25, 0.3) is 33.2 Å². The average molecular weight is 423 g/mol. The molecule has 0 aliphatic carbocycles. The predicted molar refractivity (Wildman–Crippen MR) is 114 cm³/mol. The van der Waals surface area contributed by atoms with Crippen LogP contribution in [-0.4, -0.2) is 23.8 Å². The first kappa shape index (κ1) is 17.6. The quantitative estimate of drug-likeness (QED) is 0.380. The summed E-state index contributed by atoms with van der Waals surface area (Å²) in [5, 5.41) is 2.32. The molecule has 0 unspecified atom stereocenters. The molecule has 0 amide bonds. The third-order valence-electron chi connectivity index (χ3n) is 4.68. The number of fused-ring (bicyclic) bond motifs is 2. The second-order valence-corrected chi connectivity index (χ2v) is 6.94. The maximum Gasteiger partial charge on any atom is 0.146 e. The fraction of sp³-hybridized carbons (Fsp3) is 0.136. The average Bonchev–Trinajstić information content (AvgIpc) is 3.07. The van der Waals surface area contributed by atoms with Gasteiger partial charge in [0.25, 0.3) is 0 Å². The van der Waals surface area contributed by atoms with Crippen LogP contribution in [0.15, 0.2) is 65.7 Å². The van der Waals surface area contributed by atoms with Crippen molar-refractivity contribution in [3.63, 3.8) is 0 Å². The van der Waals surface area contributed by atoms with Crippen molar-refractivity contribution in [1.82, 2.24) is 9.55 Å². The van der Waals surface area contributed by atoms with Gasteiger partial charge in [-0.3, -0.25) is 0 Å². The number of rotatable bonds is 5. The van der Waals surface area contributed by atoms with E-state index in [1.54, 1.807) is 14.2 Å². The molecule has 136 valence electrons. The van der Waals surface area contributed by atoms with Gasteiger partial charge in [-0.1, -0.05) is 36.4 Å². The van der Waals surface area contributed by atoms with Gasteiger partial charge in [-0.05, 0) is 44.9 Å². The lowest BCUT2D eigenvalue weighted by Gasteiger charge is -2.12. The van der Waals surface area contributed by atoms with Crippen LogP contribution in [0.2, 0.25) is 0 Å². The molecule has 1 heterocycles. The van der Waals surface area contributed by atoms with Crippen molar-refractivity contribution in [2.75, 3.05) is 14.2 Å². The minimum atomic E-state index is 0.606. The Bertz CT molecular complexity index is 1160. The summed E-state index contributed by atoms with van der Waals surface area (Å²) >= 11 is 3.79. The van der Waals surface area contributed by atoms with Crippen LogP contribution in [0.1, 0.15) is 0 Å². The molecule has 0 bridgehead atoms. The van der Waals surface area contributed by atoms with Crippen molar-refractivity contribution in [2.24, 2.45) is 0 Å². The Morgan fingerprint density at radius 3 is 2.52 bits per heavy atom. The Balaban J connectivity index is 2.09. The Morgan fingerprint density at radius 1 is 1.04 bits per heavy atom. The Hall–Kier alpha value is -2.79. The van der Waals surface area contributed by atoms with E-state index in [0.717, 1.165) is 38.0 Å². The minimum absolute atomic E-state index is 0.606. The van der Waals surface area contributed by atoms with Crippen molar-refractivity contribution in [3.8, 4) is 22.9 Å². The number of aromatic nitrogens is 2. The summed E-state index contributed by atoms with van der Waals surface area (Å²) < 4.78 is 14.3. The molecule has 27 heavy (non-hydrogen) atoms. The van der Waals surface area contributed by atoms with Crippen LogP contribution in [0.4, 0.5) is 0 Å². The Morgan fingerprint density at radius 2 is 1.78 bits per heavy atom. The molecule has 4 nitrogen and oxygen atoms in total. The van der Waals surface area contributed by atoms with E-state index in [2.05, 4.69) is 51.3 Å². The van der Waals surface area contributed by atoms with Crippen LogP contribution in [0, 0.1) is 0 Å². The number of halogens is 1. The molecule has 4 rings (SSSR count). The summed E-state index contributed by atoms with van der Waals surface area (Å²) in [5.41, 5.74) is 2.68. The lowest BCUT2D eigenvalue weighted by Crippen LogP contribution is -2.00. The third kappa shape index (κ3) is 2.79. The van der Waals surface area contributed by atoms with Gasteiger partial charge in [-0.15, -0.1) is 6.58 Å². The number of nitrogens with zero attached hydrogens (tertiary/aromatic N) is 2. The van der Waals surface area contributed by atoms with E-state index in [1.165, 1.54) is 5.39 Å². The molecule has 0 aliphatic rings. The van der Waals surface area contributed by atoms with E-state index in [9.17, 15) is 0 Å². The highest BCUT2D eigenvalue weighted by Gasteiger charge is 2.21. The Labute approximate surface area is 166 Å². The molecular formula is C22H19BrN2O2. The van der Waals surface area contributed by atoms with Gasteiger partial charge in [0.05, 0.1) is 14.2 Å². The summed E-state index contributed by atoms with van der Waals surface area (Å²) in [6.45, 7) is 4.52. The summed E-state index contributed by atoms with van der Waals surface area (Å²) in [7, 11) is 3.32. The second-order valence-electron chi connectivity index (χ2n) is 6.15. The first-order valence-corrected chi connectivity index (χ1v) is 9.38. The fourth-order valence-electron chi connectivity index (χ4n) is 3.43. The molecule has 0 atom stereocenters. The Kier molecular flexibility index (Phi) is 4.62. The van der Waals surface area contributed by atoms with Crippen LogP contribution in [0.5, 0.6) is 11.5 Å². The number of methoxy groups -OCH3 is 2. The number of hydrogen-bond acceptors (Lipinski definition) is 3. The molecule has 1 aromatic heterocycles. The molecular weight excluding hydrogens is 404 g/mol. The zero-order valence-corrected chi connectivity index (χ0v) is 16.8. The zero-order valence-electron chi connectivity index (χ0n) is 15.2. The van der Waals surface area contributed by atoms with Gasteiger partial charge in [-0.2, -0.15) is 0 Å². The standard InChI is InChI=1S/C22H19BrN2O2/c1-4-13-25-21-18(27-3)12-11-17(26-2)20(21)24-22(25)16-10-9-14-7-5-6-8-15(14)19(16)23/h4-12H,1,13H2,2-3H3. The van der Waals surface area contributed by atoms with Gasteiger partial charge in [0.15, 0.2) is 0 Å². The van der Waals surface area contributed by atoms with E-state index in [1.807, 2.05) is 30.3 Å². The van der Waals surface area contributed by atoms with E-state index >= 15 is 0 Å². The monoisotopic (exact) mass is 422 g/mol. The largest absolute Gasteiger partial charge is 0.494 e. The highest BCUT2D eigenvalue weighted by Crippen LogP contribution is 2.40. The third-order valence-corrected chi connectivity index (χ3v) is 5.53. The van der Waals surface area contributed by atoms with Crippen molar-refractivity contribution < 1.29 is 9.47 Å². The lowest BCUT2D eigenvalue weighted by molar-refractivity contribution is 0.409. The molecule has 0 radical (unpaired) electrons. The minimum Gasteiger partial charge on any atom is -0.494 e. The molecule has 0 saturated heterocycles. The smallest absolute Gasteiger partial charge is 0.146 e. The molecule has 0 spiro atoms. The number of allylic oxidation sites excluding steroid dienone is 1. The van der Waals surface area contributed by atoms with Crippen LogP contribution in [0.3, 0.4) is 0 Å². The van der Waals surface area contributed by atoms with E-state index in [4.69, 9.17) is 14.5 Å². The molecule has 0 aliphatic heterocycles. The predicted octanol–water partition coefficient (Wildman–Crippen LogP) is 5.82. The first-order valence-electron chi connectivity index (χ1n) is 8.59. The maximum absolute atomic E-state index is 5.60. The van der Waals surface area contributed by atoms with Crippen molar-refractivity contribution in [1.29, 1.82) is 0 Å². The second kappa shape index (κ2) is 7.08. The first-order chi connectivity index (χ1) is 13.2. The molecule has 5 heteroatoms. The van der Waals surface area contributed by atoms with Crippen LogP contribution < -0.4 is 9.47 Å². The maximum atomic E-state index is 5.60. The number of ether oxygens (including phenoxy) is 2. The fourth-order valence-corrected chi connectivity index (χ4v) is 4.10. The molecule has 0 N–H and O–H groups in total. The summed E-state index contributed by atoms with van der Waals surface area (Å²) in [5.74, 6) is 2.31. The SMILES string of the molecule is C=CCn1c(-c2ccc3ccccc3c2Br)nc2c(OC)ccc(OC)c21. The topological polar surface area (TPSA) is 36.3 Å². The van der Waals surface area contributed by atoms with Gasteiger partial charge in [0.2, 0.25) is 0 Å². The number of imidazole rings is 1. The molecule has 0 fully saturated rings. The summed E-state index contributed by atoms with van der Waals surface area (Å²) in [4.78, 5) is 4.93. The van der Waals surface area contributed by atoms with E-state index in [0.29, 0.717) is 12.3 Å². The zero-order chi connectivity index (χ0) is 19.0. The van der Waals surface area contributed by atoms with Crippen molar-refractivity contribution >= 4 is 37.7 Å². The van der Waals surface area contributed by atoms with Gasteiger partial charge in [0.1, 0.15) is 28.4 Å². The molecule has 4 aromatic rings. The molecule has 3 aromatic carbocycles. The van der Waals surface area contributed by atoms with Gasteiger partial charge in [0, 0.05) is 16.6 Å². The van der Waals surface area contributed by atoms with Crippen molar-refractivity contribution in [2.45, 2.75) is 6.54 Å². The van der Waals surface area contributed by atoms with Crippen LogP contribution in [-0.2, 0) is 6.54 Å². The van der Waals surface area contributed by atoms with Gasteiger partial charge < -0.3 is 14.0 Å². The van der Waals surface area contributed by atoms with Gasteiger partial charge >= 0.3 is 0 Å². The number of hydrogen-bond donors (Lipinski definition) is 0. The number of benzene rings is 3. The van der Waals surface area contributed by atoms with Crippen LogP contribution >= 0.6 is 15.9 Å². The normalized spacial score (nSPS) is 11.1. The summed E-state index contributed by atoms with van der Waals surface area (Å²) in [6.07, 6.45) is 1.86. The highest BCUT2D eigenvalue weighted by molar-refractivity contribution is 9.10. The lowest BCUT2D eigenvalue weighted by atomic mass is 10.1. The summed E-state index contributed by atoms with van der Waals surface area (Å²) in [6, 6.07) is 16.3. The van der Waals surface area contributed by atoms with E-state index in [-0.39, 0.29) is 0 Å². The highest BCUT2D eigenvalue weighted by atomic mass is 79.9. The van der Waals surface area contributed by atoms with Crippen molar-refractivity contribution in [3.05, 3.63) is 65.7 Å². The van der Waals surface area contributed by atoms with Gasteiger partial charge in [-0.25, -0.2) is 4.98 Å². The van der Waals surface area contributed by atoms with E-state index < -0.39 is 0 Å².